The van der Waals surface area contributed by atoms with Gasteiger partial charge in [-0.15, -0.1) is 0 Å². The lowest BCUT2D eigenvalue weighted by Gasteiger charge is -2.32. The van der Waals surface area contributed by atoms with Gasteiger partial charge in [-0.2, -0.15) is 0 Å². The summed E-state index contributed by atoms with van der Waals surface area (Å²) in [5.74, 6) is 1.18. The fourth-order valence-corrected chi connectivity index (χ4v) is 4.84. The van der Waals surface area contributed by atoms with Crippen LogP contribution in [0.1, 0.15) is 24.3 Å². The third-order valence-electron chi connectivity index (χ3n) is 6.99. The van der Waals surface area contributed by atoms with E-state index in [-0.39, 0.29) is 18.1 Å². The van der Waals surface area contributed by atoms with Crippen molar-refractivity contribution in [2.75, 3.05) is 52.4 Å². The summed E-state index contributed by atoms with van der Waals surface area (Å²) in [5.41, 5.74) is 2.87. The molecule has 40 heavy (non-hydrogen) atoms. The number of methoxy groups -OCH3 is 2. The van der Waals surface area contributed by atoms with Crippen molar-refractivity contribution < 1.29 is 19.0 Å². The van der Waals surface area contributed by atoms with Crippen molar-refractivity contribution >= 4 is 28.2 Å². The van der Waals surface area contributed by atoms with Crippen molar-refractivity contribution in [3.63, 3.8) is 0 Å². The average molecular weight is 545 g/mol. The smallest absolute Gasteiger partial charge is 0.259 e. The van der Waals surface area contributed by atoms with E-state index in [9.17, 15) is 9.59 Å². The summed E-state index contributed by atoms with van der Waals surface area (Å²) in [5, 5.41) is 4.50. The van der Waals surface area contributed by atoms with E-state index < -0.39 is 0 Å². The summed E-state index contributed by atoms with van der Waals surface area (Å²) in [4.78, 5) is 43.1. The second-order valence-electron chi connectivity index (χ2n) is 9.52. The van der Waals surface area contributed by atoms with Gasteiger partial charge in [-0.1, -0.05) is 12.1 Å². The maximum Gasteiger partial charge on any atom is 0.259 e. The van der Waals surface area contributed by atoms with Crippen molar-refractivity contribution in [2.45, 2.75) is 18.8 Å². The second kappa shape index (κ2) is 12.7. The summed E-state index contributed by atoms with van der Waals surface area (Å²) in [7, 11) is 3.14. The fraction of sp³-hybridized carbons (Fsp3) is 0.345. The van der Waals surface area contributed by atoms with E-state index in [2.05, 4.69) is 32.4 Å². The standard InChI is InChI=1S/C29H32N6O5/c1-38-13-14-40-18-26(36)35-11-8-20(9-12-35)19-3-5-22(6-4-19)32-28-27-21(7-10-31-29(27)37)15-23(34-28)24-16-30-17-25(33-24)39-2/h3-7,10,15-17,20H,8-9,11-14,18H2,1-2H3,(H,31,37)(H,32,34). The number of H-pyrrole nitrogens is 1. The maximum atomic E-state index is 12.7. The molecule has 3 aromatic heterocycles. The number of pyridine rings is 2. The van der Waals surface area contributed by atoms with Gasteiger partial charge in [0.2, 0.25) is 11.8 Å². The van der Waals surface area contributed by atoms with E-state index >= 15 is 0 Å². The molecule has 208 valence electrons. The molecule has 11 heteroatoms. The van der Waals surface area contributed by atoms with Gasteiger partial charge in [0.1, 0.15) is 18.1 Å². The number of hydrogen-bond donors (Lipinski definition) is 2. The molecule has 5 rings (SSSR count). The van der Waals surface area contributed by atoms with Gasteiger partial charge in [0.05, 0.1) is 43.8 Å². The van der Waals surface area contributed by atoms with Crippen molar-refractivity contribution in [1.29, 1.82) is 0 Å². The van der Waals surface area contributed by atoms with E-state index in [1.165, 1.54) is 18.9 Å². The predicted octanol–water partition coefficient (Wildman–Crippen LogP) is 3.50. The van der Waals surface area contributed by atoms with Crippen molar-refractivity contribution in [3.8, 4) is 17.3 Å². The molecule has 0 atom stereocenters. The van der Waals surface area contributed by atoms with E-state index in [0.29, 0.717) is 60.7 Å². The molecule has 1 aliphatic rings. The van der Waals surface area contributed by atoms with Crippen molar-refractivity contribution in [2.24, 2.45) is 0 Å². The Morgan fingerprint density at radius 1 is 1.05 bits per heavy atom. The quantitative estimate of drug-likeness (QED) is 0.288. The van der Waals surface area contributed by atoms with Crippen LogP contribution >= 0.6 is 0 Å². The number of amides is 1. The highest BCUT2D eigenvalue weighted by Gasteiger charge is 2.24. The summed E-state index contributed by atoms with van der Waals surface area (Å²) < 4.78 is 15.5. The minimum atomic E-state index is -0.238. The van der Waals surface area contributed by atoms with Crippen molar-refractivity contribution in [1.82, 2.24) is 24.8 Å². The van der Waals surface area contributed by atoms with Crippen LogP contribution in [-0.2, 0) is 14.3 Å². The molecule has 1 aliphatic heterocycles. The Hall–Kier alpha value is -4.35. The number of rotatable bonds is 10. The number of piperidine rings is 1. The normalized spacial score (nSPS) is 13.9. The number of hydrogen-bond acceptors (Lipinski definition) is 9. The third kappa shape index (κ3) is 6.27. The Bertz CT molecular complexity index is 1520. The number of nitrogens with zero attached hydrogens (tertiary/aromatic N) is 4. The first-order valence-corrected chi connectivity index (χ1v) is 13.2. The Balaban J connectivity index is 1.29. The molecule has 1 amide bonds. The molecule has 4 heterocycles. The van der Waals surface area contributed by atoms with Gasteiger partial charge in [0.15, 0.2) is 0 Å². The lowest BCUT2D eigenvalue weighted by molar-refractivity contribution is -0.137. The number of benzene rings is 1. The molecule has 0 aliphatic carbocycles. The summed E-state index contributed by atoms with van der Waals surface area (Å²) >= 11 is 0. The van der Waals surface area contributed by atoms with Crippen LogP contribution in [0.15, 0.2) is 59.8 Å². The SMILES string of the molecule is COCCOCC(=O)N1CCC(c2ccc(Nc3nc(-c4cncc(OC)n4)cc4cc[nH]c(=O)c34)cc2)CC1. The van der Waals surface area contributed by atoms with E-state index in [1.54, 1.807) is 19.5 Å². The highest BCUT2D eigenvalue weighted by atomic mass is 16.5. The Kier molecular flexibility index (Phi) is 8.62. The number of carbonyl (C=O) groups is 1. The molecule has 1 aromatic carbocycles. The Morgan fingerprint density at radius 2 is 1.85 bits per heavy atom. The van der Waals surface area contributed by atoms with Gasteiger partial charge in [-0.05, 0) is 54.0 Å². The highest BCUT2D eigenvalue weighted by molar-refractivity contribution is 5.94. The van der Waals surface area contributed by atoms with Crippen LogP contribution in [0, 0.1) is 0 Å². The summed E-state index contributed by atoms with van der Waals surface area (Å²) in [6.45, 7) is 2.39. The number of likely N-dealkylation sites (tertiary alicyclic amines) is 1. The van der Waals surface area contributed by atoms with Gasteiger partial charge in [0.25, 0.3) is 5.56 Å². The predicted molar refractivity (Wildman–Crippen MR) is 151 cm³/mol. The molecule has 0 spiro atoms. The Labute approximate surface area is 231 Å². The van der Waals surface area contributed by atoms with Gasteiger partial charge >= 0.3 is 0 Å². The van der Waals surface area contributed by atoms with Gasteiger partial charge in [0, 0.05) is 32.1 Å². The molecule has 0 saturated carbocycles. The summed E-state index contributed by atoms with van der Waals surface area (Å²) in [6.07, 6.45) is 6.52. The number of ether oxygens (including phenoxy) is 3. The van der Waals surface area contributed by atoms with E-state index in [1.807, 2.05) is 29.2 Å². The zero-order chi connectivity index (χ0) is 27.9. The maximum absolute atomic E-state index is 12.7. The first-order valence-electron chi connectivity index (χ1n) is 13.2. The molecular formula is C29H32N6O5. The average Bonchev–Trinajstić information content (AvgIpc) is 2.99. The first kappa shape index (κ1) is 27.2. The molecule has 1 saturated heterocycles. The fourth-order valence-electron chi connectivity index (χ4n) is 4.84. The number of nitrogens with one attached hydrogen (secondary N) is 2. The largest absolute Gasteiger partial charge is 0.480 e. The first-order chi connectivity index (χ1) is 19.6. The molecular weight excluding hydrogens is 512 g/mol. The number of aromatic nitrogens is 4. The topological polar surface area (TPSA) is 132 Å². The number of carbonyl (C=O) groups excluding carboxylic acids is 1. The van der Waals surface area contributed by atoms with Crippen LogP contribution in [0.25, 0.3) is 22.2 Å². The van der Waals surface area contributed by atoms with Gasteiger partial charge in [-0.25, -0.2) is 9.97 Å². The van der Waals surface area contributed by atoms with Crippen LogP contribution in [0.4, 0.5) is 11.5 Å². The van der Waals surface area contributed by atoms with Crippen LogP contribution < -0.4 is 15.6 Å². The molecule has 0 unspecified atom stereocenters. The van der Waals surface area contributed by atoms with E-state index in [0.717, 1.165) is 23.9 Å². The number of anilines is 2. The lowest BCUT2D eigenvalue weighted by Crippen LogP contribution is -2.40. The lowest BCUT2D eigenvalue weighted by atomic mass is 9.89. The molecule has 0 bridgehead atoms. The minimum Gasteiger partial charge on any atom is -0.480 e. The zero-order valence-corrected chi connectivity index (χ0v) is 22.6. The van der Waals surface area contributed by atoms with Gasteiger partial charge < -0.3 is 29.4 Å². The van der Waals surface area contributed by atoms with E-state index in [4.69, 9.17) is 19.2 Å². The summed E-state index contributed by atoms with van der Waals surface area (Å²) in [6, 6.07) is 11.8. The third-order valence-corrected chi connectivity index (χ3v) is 6.99. The van der Waals surface area contributed by atoms with Gasteiger partial charge in [-0.3, -0.25) is 14.6 Å². The molecule has 11 nitrogen and oxygen atoms in total. The van der Waals surface area contributed by atoms with Crippen LogP contribution in [0.3, 0.4) is 0 Å². The Morgan fingerprint density at radius 3 is 2.60 bits per heavy atom. The molecule has 1 fully saturated rings. The van der Waals surface area contributed by atoms with Crippen LogP contribution in [-0.4, -0.2) is 77.9 Å². The molecule has 2 N–H and O–H groups in total. The van der Waals surface area contributed by atoms with Crippen LogP contribution in [0.2, 0.25) is 0 Å². The molecule has 0 radical (unpaired) electrons. The second-order valence-corrected chi connectivity index (χ2v) is 9.52. The number of aromatic amines is 1. The monoisotopic (exact) mass is 544 g/mol. The highest BCUT2D eigenvalue weighted by Crippen LogP contribution is 2.31. The molecule has 4 aromatic rings. The zero-order valence-electron chi connectivity index (χ0n) is 22.6. The van der Waals surface area contributed by atoms with Crippen LogP contribution in [0.5, 0.6) is 5.88 Å². The minimum absolute atomic E-state index is 0.0194. The number of fused-ring (bicyclic) bond motifs is 1. The van der Waals surface area contributed by atoms with Crippen molar-refractivity contribution in [3.05, 3.63) is 70.9 Å².